The number of nitrogens with one attached hydrogen (secondary N) is 1. The van der Waals surface area contributed by atoms with Gasteiger partial charge < -0.3 is 10.1 Å². The first-order chi connectivity index (χ1) is 9.99. The van der Waals surface area contributed by atoms with Crippen LogP contribution >= 0.6 is 0 Å². The SMILES string of the molecule is CCOc1ccc(CNC2CCN(C(C)(C)C)CC2)cc1. The average Bonchev–Trinajstić information content (AvgIpc) is 2.46. The van der Waals surface area contributed by atoms with Crippen molar-refractivity contribution < 1.29 is 4.74 Å². The fraction of sp³-hybridized carbons (Fsp3) is 0.667. The van der Waals surface area contributed by atoms with Crippen molar-refractivity contribution in [1.29, 1.82) is 0 Å². The first kappa shape index (κ1) is 16.3. The Kier molecular flexibility index (Phi) is 5.65. The molecule has 118 valence electrons. The summed E-state index contributed by atoms with van der Waals surface area (Å²) in [6, 6.07) is 9.07. The monoisotopic (exact) mass is 290 g/mol. The van der Waals surface area contributed by atoms with E-state index in [4.69, 9.17) is 4.74 Å². The molecule has 2 rings (SSSR count). The van der Waals surface area contributed by atoms with Gasteiger partial charge in [-0.05, 0) is 58.2 Å². The lowest BCUT2D eigenvalue weighted by molar-refractivity contribution is 0.0960. The lowest BCUT2D eigenvalue weighted by Gasteiger charge is -2.41. The highest BCUT2D eigenvalue weighted by Crippen LogP contribution is 2.20. The number of piperidine rings is 1. The smallest absolute Gasteiger partial charge is 0.119 e. The van der Waals surface area contributed by atoms with Gasteiger partial charge in [0.1, 0.15) is 5.75 Å². The van der Waals surface area contributed by atoms with Gasteiger partial charge in [-0.2, -0.15) is 0 Å². The third-order valence-corrected chi connectivity index (χ3v) is 4.27. The zero-order chi connectivity index (χ0) is 15.3. The molecule has 1 N–H and O–H groups in total. The largest absolute Gasteiger partial charge is 0.494 e. The molecule has 3 nitrogen and oxygen atoms in total. The van der Waals surface area contributed by atoms with Gasteiger partial charge in [0.05, 0.1) is 6.61 Å². The van der Waals surface area contributed by atoms with E-state index in [1.165, 1.54) is 31.5 Å². The van der Waals surface area contributed by atoms with Gasteiger partial charge in [0.2, 0.25) is 0 Å². The summed E-state index contributed by atoms with van der Waals surface area (Å²) in [6.45, 7) is 13.0. The highest BCUT2D eigenvalue weighted by atomic mass is 16.5. The van der Waals surface area contributed by atoms with Gasteiger partial charge in [-0.15, -0.1) is 0 Å². The summed E-state index contributed by atoms with van der Waals surface area (Å²) < 4.78 is 5.47. The third kappa shape index (κ3) is 5.01. The van der Waals surface area contributed by atoms with Crippen LogP contribution in [0.1, 0.15) is 46.1 Å². The Bertz CT molecular complexity index is 414. The Balaban J connectivity index is 1.74. The van der Waals surface area contributed by atoms with Crippen LogP contribution in [0.3, 0.4) is 0 Å². The number of nitrogens with zero attached hydrogens (tertiary/aromatic N) is 1. The second-order valence-corrected chi connectivity index (χ2v) is 6.89. The quantitative estimate of drug-likeness (QED) is 0.899. The standard InChI is InChI=1S/C18H30N2O/c1-5-21-17-8-6-15(7-9-17)14-19-16-10-12-20(13-11-16)18(2,3)4/h6-9,16,19H,5,10-14H2,1-4H3. The second-order valence-electron chi connectivity index (χ2n) is 6.89. The number of likely N-dealkylation sites (tertiary alicyclic amines) is 1. The Hall–Kier alpha value is -1.06. The van der Waals surface area contributed by atoms with Crippen molar-refractivity contribution in [2.75, 3.05) is 19.7 Å². The minimum absolute atomic E-state index is 0.306. The minimum Gasteiger partial charge on any atom is -0.494 e. The predicted octanol–water partition coefficient (Wildman–Crippen LogP) is 3.44. The lowest BCUT2D eigenvalue weighted by Crippen LogP contribution is -2.49. The number of hydrogen-bond acceptors (Lipinski definition) is 3. The zero-order valence-electron chi connectivity index (χ0n) is 14.0. The molecular formula is C18H30N2O. The molecule has 0 atom stereocenters. The van der Waals surface area contributed by atoms with Crippen LogP contribution in [0.5, 0.6) is 5.75 Å². The van der Waals surface area contributed by atoms with Crippen molar-refractivity contribution >= 4 is 0 Å². The molecule has 3 heteroatoms. The van der Waals surface area contributed by atoms with E-state index in [9.17, 15) is 0 Å². The molecule has 1 aliphatic rings. The van der Waals surface area contributed by atoms with E-state index in [1.807, 2.05) is 6.92 Å². The first-order valence-corrected chi connectivity index (χ1v) is 8.19. The fourth-order valence-corrected chi connectivity index (χ4v) is 2.89. The molecule has 0 radical (unpaired) electrons. The van der Waals surface area contributed by atoms with E-state index < -0.39 is 0 Å². The minimum atomic E-state index is 0.306. The normalized spacial score (nSPS) is 17.9. The summed E-state index contributed by atoms with van der Waals surface area (Å²) in [5, 5.41) is 3.69. The third-order valence-electron chi connectivity index (χ3n) is 4.27. The summed E-state index contributed by atoms with van der Waals surface area (Å²) in [5.41, 5.74) is 1.64. The summed E-state index contributed by atoms with van der Waals surface area (Å²) in [4.78, 5) is 2.59. The lowest BCUT2D eigenvalue weighted by atomic mass is 9.98. The molecule has 1 aromatic carbocycles. The fourth-order valence-electron chi connectivity index (χ4n) is 2.89. The van der Waals surface area contributed by atoms with Crippen LogP contribution in [0.2, 0.25) is 0 Å². The van der Waals surface area contributed by atoms with E-state index in [2.05, 4.69) is 55.3 Å². The molecule has 0 aromatic heterocycles. The van der Waals surface area contributed by atoms with Gasteiger partial charge in [0, 0.05) is 31.2 Å². The van der Waals surface area contributed by atoms with Crippen molar-refractivity contribution in [3.63, 3.8) is 0 Å². The zero-order valence-corrected chi connectivity index (χ0v) is 14.0. The Morgan fingerprint density at radius 2 is 1.76 bits per heavy atom. The van der Waals surface area contributed by atoms with Crippen LogP contribution in [0.4, 0.5) is 0 Å². The Morgan fingerprint density at radius 1 is 1.14 bits per heavy atom. The first-order valence-electron chi connectivity index (χ1n) is 8.19. The van der Waals surface area contributed by atoms with E-state index in [1.54, 1.807) is 0 Å². The van der Waals surface area contributed by atoms with Crippen LogP contribution in [0, 0.1) is 0 Å². The highest BCUT2D eigenvalue weighted by Gasteiger charge is 2.26. The van der Waals surface area contributed by atoms with Crippen LogP contribution in [0.15, 0.2) is 24.3 Å². The molecule has 1 aromatic rings. The topological polar surface area (TPSA) is 24.5 Å². The average molecular weight is 290 g/mol. The second kappa shape index (κ2) is 7.28. The van der Waals surface area contributed by atoms with E-state index in [0.29, 0.717) is 11.6 Å². The molecule has 1 fully saturated rings. The summed E-state index contributed by atoms with van der Waals surface area (Å²) >= 11 is 0. The molecule has 0 amide bonds. The molecular weight excluding hydrogens is 260 g/mol. The van der Waals surface area contributed by atoms with Crippen LogP contribution < -0.4 is 10.1 Å². The number of hydrogen-bond donors (Lipinski definition) is 1. The summed E-state index contributed by atoms with van der Waals surface area (Å²) in [7, 11) is 0. The Labute approximate surface area is 129 Å². The number of rotatable bonds is 5. The van der Waals surface area contributed by atoms with Crippen molar-refractivity contribution in [1.82, 2.24) is 10.2 Å². The Morgan fingerprint density at radius 3 is 2.29 bits per heavy atom. The van der Waals surface area contributed by atoms with Gasteiger partial charge in [0.15, 0.2) is 0 Å². The molecule has 0 aliphatic carbocycles. The van der Waals surface area contributed by atoms with Crippen LogP contribution in [-0.2, 0) is 6.54 Å². The van der Waals surface area contributed by atoms with Gasteiger partial charge in [-0.1, -0.05) is 12.1 Å². The molecule has 21 heavy (non-hydrogen) atoms. The summed E-state index contributed by atoms with van der Waals surface area (Å²) in [6.07, 6.45) is 2.49. The van der Waals surface area contributed by atoms with Crippen molar-refractivity contribution in [2.45, 2.75) is 58.7 Å². The van der Waals surface area contributed by atoms with Crippen LogP contribution in [-0.4, -0.2) is 36.2 Å². The summed E-state index contributed by atoms with van der Waals surface area (Å²) in [5.74, 6) is 0.958. The van der Waals surface area contributed by atoms with Gasteiger partial charge in [-0.25, -0.2) is 0 Å². The number of benzene rings is 1. The highest BCUT2D eigenvalue weighted by molar-refractivity contribution is 5.27. The van der Waals surface area contributed by atoms with E-state index in [-0.39, 0.29) is 0 Å². The van der Waals surface area contributed by atoms with Crippen molar-refractivity contribution in [3.05, 3.63) is 29.8 Å². The maximum absolute atomic E-state index is 5.47. The molecule has 0 bridgehead atoms. The predicted molar refractivity (Wildman–Crippen MR) is 88.8 cm³/mol. The molecule has 1 saturated heterocycles. The maximum atomic E-state index is 5.47. The number of ether oxygens (including phenoxy) is 1. The molecule has 0 unspecified atom stereocenters. The van der Waals surface area contributed by atoms with Gasteiger partial charge >= 0.3 is 0 Å². The molecule has 1 aliphatic heterocycles. The molecule has 0 spiro atoms. The van der Waals surface area contributed by atoms with Crippen molar-refractivity contribution in [3.8, 4) is 5.75 Å². The molecule has 1 heterocycles. The maximum Gasteiger partial charge on any atom is 0.119 e. The van der Waals surface area contributed by atoms with Crippen LogP contribution in [0.25, 0.3) is 0 Å². The van der Waals surface area contributed by atoms with Gasteiger partial charge in [-0.3, -0.25) is 4.90 Å². The molecule has 0 saturated carbocycles. The van der Waals surface area contributed by atoms with E-state index >= 15 is 0 Å². The van der Waals surface area contributed by atoms with E-state index in [0.717, 1.165) is 18.9 Å². The van der Waals surface area contributed by atoms with Crippen molar-refractivity contribution in [2.24, 2.45) is 0 Å². The van der Waals surface area contributed by atoms with Gasteiger partial charge in [0.25, 0.3) is 0 Å².